The molecule has 0 aliphatic carbocycles. The summed E-state index contributed by atoms with van der Waals surface area (Å²) in [6.45, 7) is 2.47. The fraction of sp³-hybridized carbons (Fsp3) is 0.294. The van der Waals surface area contributed by atoms with Crippen LogP contribution in [0.1, 0.15) is 18.1 Å². The van der Waals surface area contributed by atoms with Crippen LogP contribution in [0.25, 0.3) is 0 Å². The normalized spacial score (nSPS) is 12.2. The van der Waals surface area contributed by atoms with E-state index in [4.69, 9.17) is 10.5 Å². The van der Waals surface area contributed by atoms with E-state index in [-0.39, 0.29) is 11.9 Å². The predicted octanol–water partition coefficient (Wildman–Crippen LogP) is 3.34. The molecule has 0 spiro atoms. The largest absolute Gasteiger partial charge is 0.493 e. The molecule has 2 rings (SSSR count). The van der Waals surface area contributed by atoms with Crippen molar-refractivity contribution in [3.05, 3.63) is 65.5 Å². The lowest BCUT2D eigenvalue weighted by atomic mass is 10.1. The average molecular weight is 273 g/mol. The highest BCUT2D eigenvalue weighted by atomic mass is 19.1. The second-order valence-corrected chi connectivity index (χ2v) is 5.02. The molecule has 0 heterocycles. The minimum Gasteiger partial charge on any atom is -0.493 e. The number of ether oxygens (including phenoxy) is 1. The summed E-state index contributed by atoms with van der Waals surface area (Å²) in [5.74, 6) is 0.468. The Hall–Kier alpha value is -1.87. The van der Waals surface area contributed by atoms with Gasteiger partial charge in [-0.3, -0.25) is 0 Å². The van der Waals surface area contributed by atoms with Crippen molar-refractivity contribution in [2.75, 3.05) is 6.61 Å². The summed E-state index contributed by atoms with van der Waals surface area (Å²) in [5.41, 5.74) is 7.84. The van der Waals surface area contributed by atoms with E-state index in [1.165, 1.54) is 17.7 Å². The van der Waals surface area contributed by atoms with Gasteiger partial charge >= 0.3 is 0 Å². The molecule has 106 valence electrons. The molecule has 0 saturated carbocycles. The van der Waals surface area contributed by atoms with Crippen LogP contribution in [-0.2, 0) is 12.8 Å². The number of rotatable bonds is 6. The Morgan fingerprint density at radius 1 is 1.15 bits per heavy atom. The van der Waals surface area contributed by atoms with Gasteiger partial charge in [0, 0.05) is 12.5 Å². The van der Waals surface area contributed by atoms with Gasteiger partial charge in [-0.1, -0.05) is 30.3 Å². The van der Waals surface area contributed by atoms with Crippen molar-refractivity contribution in [1.29, 1.82) is 0 Å². The van der Waals surface area contributed by atoms with Crippen molar-refractivity contribution in [2.45, 2.75) is 25.8 Å². The molecule has 2 N–H and O–H groups in total. The Balaban J connectivity index is 1.98. The average Bonchev–Trinajstić information content (AvgIpc) is 2.42. The van der Waals surface area contributed by atoms with Gasteiger partial charge in [0.15, 0.2) is 0 Å². The lowest BCUT2D eigenvalue weighted by Crippen LogP contribution is -2.18. The molecule has 2 nitrogen and oxygen atoms in total. The zero-order valence-electron chi connectivity index (χ0n) is 11.7. The van der Waals surface area contributed by atoms with Crippen molar-refractivity contribution in [3.63, 3.8) is 0 Å². The smallest absolute Gasteiger partial charge is 0.123 e. The fourth-order valence-corrected chi connectivity index (χ4v) is 2.12. The van der Waals surface area contributed by atoms with E-state index < -0.39 is 0 Å². The quantitative estimate of drug-likeness (QED) is 0.876. The number of benzene rings is 2. The summed E-state index contributed by atoms with van der Waals surface area (Å²) < 4.78 is 19.1. The van der Waals surface area contributed by atoms with E-state index in [1.807, 2.05) is 25.1 Å². The van der Waals surface area contributed by atoms with Gasteiger partial charge in [0.1, 0.15) is 11.6 Å². The molecule has 0 aliphatic rings. The van der Waals surface area contributed by atoms with Crippen LogP contribution in [0.2, 0.25) is 0 Å². The van der Waals surface area contributed by atoms with Crippen molar-refractivity contribution >= 4 is 0 Å². The second-order valence-electron chi connectivity index (χ2n) is 5.02. The third-order valence-corrected chi connectivity index (χ3v) is 3.06. The highest BCUT2D eigenvalue weighted by molar-refractivity contribution is 5.34. The first-order valence-corrected chi connectivity index (χ1v) is 6.86. The molecule has 0 amide bonds. The molecule has 0 saturated heterocycles. The minimum absolute atomic E-state index is 0.0201. The van der Waals surface area contributed by atoms with Crippen LogP contribution in [-0.4, -0.2) is 12.6 Å². The SMILES string of the molecule is CC(N)Cc1cc(F)ccc1OCCc1ccccc1. The predicted molar refractivity (Wildman–Crippen MR) is 79.4 cm³/mol. The summed E-state index contributed by atoms with van der Waals surface area (Å²) in [5, 5.41) is 0. The Morgan fingerprint density at radius 3 is 2.60 bits per heavy atom. The Bertz CT molecular complexity index is 540. The monoisotopic (exact) mass is 273 g/mol. The van der Waals surface area contributed by atoms with Gasteiger partial charge < -0.3 is 10.5 Å². The second kappa shape index (κ2) is 7.06. The Labute approximate surface area is 119 Å². The van der Waals surface area contributed by atoms with E-state index in [0.717, 1.165) is 17.7 Å². The van der Waals surface area contributed by atoms with Gasteiger partial charge in [0.25, 0.3) is 0 Å². The van der Waals surface area contributed by atoms with Crippen LogP contribution in [0.3, 0.4) is 0 Å². The Morgan fingerprint density at radius 2 is 1.90 bits per heavy atom. The fourth-order valence-electron chi connectivity index (χ4n) is 2.12. The summed E-state index contributed by atoms with van der Waals surface area (Å²) in [7, 11) is 0. The van der Waals surface area contributed by atoms with Crippen LogP contribution in [0.4, 0.5) is 4.39 Å². The molecule has 20 heavy (non-hydrogen) atoms. The first-order valence-electron chi connectivity index (χ1n) is 6.86. The lowest BCUT2D eigenvalue weighted by Gasteiger charge is -2.13. The maximum absolute atomic E-state index is 13.3. The highest BCUT2D eigenvalue weighted by Gasteiger charge is 2.08. The highest BCUT2D eigenvalue weighted by Crippen LogP contribution is 2.21. The summed E-state index contributed by atoms with van der Waals surface area (Å²) in [6, 6.07) is 14.7. The summed E-state index contributed by atoms with van der Waals surface area (Å²) in [6.07, 6.45) is 1.44. The molecule has 0 aromatic heterocycles. The Kier molecular flexibility index (Phi) is 5.13. The van der Waals surface area contributed by atoms with Gasteiger partial charge in [-0.2, -0.15) is 0 Å². The molecule has 0 bridgehead atoms. The van der Waals surface area contributed by atoms with Crippen molar-refractivity contribution in [1.82, 2.24) is 0 Å². The number of halogens is 1. The van der Waals surface area contributed by atoms with Crippen molar-refractivity contribution < 1.29 is 9.13 Å². The molecular weight excluding hydrogens is 253 g/mol. The van der Waals surface area contributed by atoms with Crippen LogP contribution in [0.15, 0.2) is 48.5 Å². The van der Waals surface area contributed by atoms with Crippen molar-refractivity contribution in [2.24, 2.45) is 5.73 Å². The molecule has 0 aliphatic heterocycles. The number of hydrogen-bond acceptors (Lipinski definition) is 2. The molecule has 1 atom stereocenters. The third-order valence-electron chi connectivity index (χ3n) is 3.06. The van der Waals surface area contributed by atoms with Gasteiger partial charge in [-0.05, 0) is 42.7 Å². The molecule has 1 unspecified atom stereocenters. The van der Waals surface area contributed by atoms with Crippen LogP contribution in [0.5, 0.6) is 5.75 Å². The van der Waals surface area contributed by atoms with Crippen molar-refractivity contribution in [3.8, 4) is 5.75 Å². The summed E-state index contributed by atoms with van der Waals surface area (Å²) in [4.78, 5) is 0. The molecular formula is C17H20FNO. The van der Waals surface area contributed by atoms with Crippen LogP contribution < -0.4 is 10.5 Å². The number of nitrogens with two attached hydrogens (primary N) is 1. The summed E-state index contributed by atoms with van der Waals surface area (Å²) >= 11 is 0. The van der Waals surface area contributed by atoms with E-state index in [9.17, 15) is 4.39 Å². The van der Waals surface area contributed by atoms with Crippen LogP contribution >= 0.6 is 0 Å². The van der Waals surface area contributed by atoms with Gasteiger partial charge in [0.05, 0.1) is 6.61 Å². The van der Waals surface area contributed by atoms with Gasteiger partial charge in [-0.25, -0.2) is 4.39 Å². The standard InChI is InChI=1S/C17H20FNO/c1-13(19)11-15-12-16(18)7-8-17(15)20-10-9-14-5-3-2-4-6-14/h2-8,12-13H,9-11,19H2,1H3. The first-order chi connectivity index (χ1) is 9.65. The lowest BCUT2D eigenvalue weighted by molar-refractivity contribution is 0.317. The maximum atomic E-state index is 13.3. The zero-order valence-corrected chi connectivity index (χ0v) is 11.7. The van der Waals surface area contributed by atoms with Crippen LogP contribution in [0, 0.1) is 5.82 Å². The first kappa shape index (κ1) is 14.5. The zero-order chi connectivity index (χ0) is 14.4. The molecule has 0 fully saturated rings. The number of hydrogen-bond donors (Lipinski definition) is 1. The topological polar surface area (TPSA) is 35.2 Å². The van der Waals surface area contributed by atoms with Gasteiger partial charge in [-0.15, -0.1) is 0 Å². The molecule has 2 aromatic rings. The molecule has 3 heteroatoms. The van der Waals surface area contributed by atoms with Gasteiger partial charge in [0.2, 0.25) is 0 Å². The van der Waals surface area contributed by atoms with E-state index >= 15 is 0 Å². The molecule has 2 aromatic carbocycles. The van der Waals surface area contributed by atoms with E-state index in [0.29, 0.717) is 13.0 Å². The minimum atomic E-state index is -0.254. The maximum Gasteiger partial charge on any atom is 0.123 e. The molecule has 0 radical (unpaired) electrons. The third kappa shape index (κ3) is 4.35. The van der Waals surface area contributed by atoms with E-state index in [2.05, 4.69) is 12.1 Å². The van der Waals surface area contributed by atoms with E-state index in [1.54, 1.807) is 6.07 Å².